The fraction of sp³-hybridized carbons (Fsp3) is 0.571. The molecular weight excluding hydrogens is 250 g/mol. The molecule has 0 aliphatic rings. The average molecular weight is 272 g/mol. The summed E-state index contributed by atoms with van der Waals surface area (Å²) in [5, 5.41) is 1.14. The Labute approximate surface area is 114 Å². The minimum Gasteiger partial charge on any atom is -0.327 e. The number of hydrogen-bond donors (Lipinski definition) is 1. The van der Waals surface area contributed by atoms with Gasteiger partial charge >= 0.3 is 0 Å². The third-order valence-corrected chi connectivity index (χ3v) is 4.65. The Morgan fingerprint density at radius 2 is 2.00 bits per heavy atom. The lowest BCUT2D eigenvalue weighted by Crippen LogP contribution is -2.23. The van der Waals surface area contributed by atoms with Crippen LogP contribution < -0.4 is 5.73 Å². The van der Waals surface area contributed by atoms with Gasteiger partial charge in [-0.2, -0.15) is 11.8 Å². The van der Waals surface area contributed by atoms with Crippen molar-refractivity contribution in [1.82, 2.24) is 0 Å². The fourth-order valence-corrected chi connectivity index (χ4v) is 3.42. The molecule has 0 spiro atoms. The summed E-state index contributed by atoms with van der Waals surface area (Å²) in [7, 11) is 0. The summed E-state index contributed by atoms with van der Waals surface area (Å²) in [6, 6.07) is 8.15. The summed E-state index contributed by atoms with van der Waals surface area (Å²) in [5.74, 6) is 1.16. The van der Waals surface area contributed by atoms with Crippen molar-refractivity contribution >= 4 is 23.4 Å². The van der Waals surface area contributed by atoms with E-state index in [4.69, 9.17) is 17.3 Å². The van der Waals surface area contributed by atoms with Gasteiger partial charge in [-0.1, -0.05) is 49.6 Å². The molecule has 1 rings (SSSR count). The largest absolute Gasteiger partial charge is 0.327 e. The zero-order valence-corrected chi connectivity index (χ0v) is 12.2. The van der Waals surface area contributed by atoms with Crippen LogP contribution in [0, 0.1) is 0 Å². The van der Waals surface area contributed by atoms with Gasteiger partial charge in [0.25, 0.3) is 0 Å². The highest BCUT2D eigenvalue weighted by atomic mass is 35.5. The molecule has 0 aliphatic heterocycles. The predicted molar refractivity (Wildman–Crippen MR) is 79.8 cm³/mol. The summed E-state index contributed by atoms with van der Waals surface area (Å²) in [6.07, 6.45) is 3.81. The van der Waals surface area contributed by atoms with Gasteiger partial charge in [-0.25, -0.2) is 0 Å². The second-order valence-corrected chi connectivity index (χ2v) is 6.04. The first-order valence-corrected chi connectivity index (χ1v) is 7.71. The van der Waals surface area contributed by atoms with E-state index in [1.54, 1.807) is 0 Å². The quantitative estimate of drug-likeness (QED) is 0.731. The Morgan fingerprint density at radius 3 is 2.59 bits per heavy atom. The molecule has 0 fully saturated rings. The molecule has 17 heavy (non-hydrogen) atoms. The fourth-order valence-electron chi connectivity index (χ4n) is 1.79. The monoisotopic (exact) mass is 271 g/mol. The van der Waals surface area contributed by atoms with Crippen molar-refractivity contribution in [3.05, 3.63) is 34.9 Å². The lowest BCUT2D eigenvalue weighted by molar-refractivity contribution is 0.716. The molecule has 0 saturated heterocycles. The third kappa shape index (κ3) is 4.90. The zero-order chi connectivity index (χ0) is 12.7. The first-order valence-electron chi connectivity index (χ1n) is 6.28. The van der Waals surface area contributed by atoms with Crippen LogP contribution in [0.15, 0.2) is 24.3 Å². The van der Waals surface area contributed by atoms with Crippen LogP contribution in [0.4, 0.5) is 0 Å². The van der Waals surface area contributed by atoms with E-state index in [0.717, 1.165) is 10.8 Å². The highest BCUT2D eigenvalue weighted by Gasteiger charge is 2.18. The summed E-state index contributed by atoms with van der Waals surface area (Å²) < 4.78 is 0. The Hall–Kier alpha value is -0.180. The number of halogens is 1. The van der Waals surface area contributed by atoms with Crippen molar-refractivity contribution in [3.8, 4) is 0 Å². The maximum atomic E-state index is 6.23. The van der Waals surface area contributed by atoms with Crippen molar-refractivity contribution in [2.24, 2.45) is 5.73 Å². The molecule has 1 aromatic carbocycles. The van der Waals surface area contributed by atoms with Gasteiger partial charge < -0.3 is 5.73 Å². The summed E-state index contributed by atoms with van der Waals surface area (Å²) in [5.41, 5.74) is 7.24. The number of benzene rings is 1. The number of hydrogen-bond acceptors (Lipinski definition) is 2. The Bertz CT molecular complexity index is 328. The summed E-state index contributed by atoms with van der Waals surface area (Å²) in [4.78, 5) is 0. The van der Waals surface area contributed by atoms with Gasteiger partial charge in [-0.15, -0.1) is 0 Å². The zero-order valence-electron chi connectivity index (χ0n) is 10.7. The molecule has 0 aliphatic carbocycles. The van der Waals surface area contributed by atoms with Gasteiger partial charge in [0.1, 0.15) is 0 Å². The number of nitrogens with two attached hydrogens (primary N) is 1. The second kappa shape index (κ2) is 8.02. The van der Waals surface area contributed by atoms with E-state index < -0.39 is 0 Å². The predicted octanol–water partition coefficient (Wildman–Crippen LogP) is 4.65. The average Bonchev–Trinajstić information content (AvgIpc) is 2.30. The highest BCUT2D eigenvalue weighted by Crippen LogP contribution is 2.35. The van der Waals surface area contributed by atoms with E-state index in [-0.39, 0.29) is 6.04 Å². The van der Waals surface area contributed by atoms with Crippen LogP contribution >= 0.6 is 23.4 Å². The van der Waals surface area contributed by atoms with Crippen molar-refractivity contribution in [2.75, 3.05) is 5.75 Å². The molecule has 96 valence electrons. The minimum absolute atomic E-state index is 0.126. The number of thioether (sulfide) groups is 1. The molecule has 2 N–H and O–H groups in total. The van der Waals surface area contributed by atoms with Crippen molar-refractivity contribution in [3.63, 3.8) is 0 Å². The smallest absolute Gasteiger partial charge is 0.0460 e. The first kappa shape index (κ1) is 14.9. The number of rotatable bonds is 7. The maximum absolute atomic E-state index is 6.23. The SMILES string of the molecule is CCCCCSC(c1ccccc1Cl)C(C)N. The third-order valence-electron chi connectivity index (χ3n) is 2.73. The molecule has 2 unspecified atom stereocenters. The molecular formula is C14H22ClNS. The van der Waals surface area contributed by atoms with Crippen LogP contribution in [0.5, 0.6) is 0 Å². The molecule has 0 radical (unpaired) electrons. The topological polar surface area (TPSA) is 26.0 Å². The van der Waals surface area contributed by atoms with Crippen molar-refractivity contribution < 1.29 is 0 Å². The molecule has 0 saturated carbocycles. The Balaban J connectivity index is 2.63. The molecule has 1 aromatic rings. The lowest BCUT2D eigenvalue weighted by atomic mass is 10.1. The second-order valence-electron chi connectivity index (χ2n) is 4.38. The molecule has 0 aromatic heterocycles. The first-order chi connectivity index (χ1) is 8.16. The van der Waals surface area contributed by atoms with Gasteiger partial charge in [0.15, 0.2) is 0 Å². The Morgan fingerprint density at radius 1 is 1.29 bits per heavy atom. The molecule has 0 heterocycles. The van der Waals surface area contributed by atoms with Crippen LogP contribution in [0.1, 0.15) is 43.9 Å². The standard InChI is InChI=1S/C14H22ClNS/c1-3-4-7-10-17-14(11(2)16)12-8-5-6-9-13(12)15/h5-6,8-9,11,14H,3-4,7,10,16H2,1-2H3. The molecule has 3 heteroatoms. The summed E-state index contributed by atoms with van der Waals surface area (Å²) >= 11 is 8.16. The van der Waals surface area contributed by atoms with E-state index in [1.807, 2.05) is 30.0 Å². The van der Waals surface area contributed by atoms with Gasteiger partial charge in [0, 0.05) is 16.3 Å². The van der Waals surface area contributed by atoms with Crippen LogP contribution in [-0.2, 0) is 0 Å². The van der Waals surface area contributed by atoms with E-state index in [0.29, 0.717) is 5.25 Å². The van der Waals surface area contributed by atoms with Gasteiger partial charge in [0.05, 0.1) is 0 Å². The van der Waals surface area contributed by atoms with E-state index >= 15 is 0 Å². The summed E-state index contributed by atoms with van der Waals surface area (Å²) in [6.45, 7) is 4.28. The molecule has 1 nitrogen and oxygen atoms in total. The Kier molecular flexibility index (Phi) is 7.02. The molecule has 0 bridgehead atoms. The van der Waals surface area contributed by atoms with Crippen molar-refractivity contribution in [1.29, 1.82) is 0 Å². The van der Waals surface area contributed by atoms with E-state index in [9.17, 15) is 0 Å². The van der Waals surface area contributed by atoms with Gasteiger partial charge in [0.2, 0.25) is 0 Å². The van der Waals surface area contributed by atoms with Gasteiger partial charge in [-0.05, 0) is 30.7 Å². The normalized spacial score (nSPS) is 14.6. The lowest BCUT2D eigenvalue weighted by Gasteiger charge is -2.21. The van der Waals surface area contributed by atoms with E-state index in [2.05, 4.69) is 19.9 Å². The van der Waals surface area contributed by atoms with Gasteiger partial charge in [-0.3, -0.25) is 0 Å². The van der Waals surface area contributed by atoms with Crippen LogP contribution in [0.25, 0.3) is 0 Å². The number of unbranched alkanes of at least 4 members (excludes halogenated alkanes) is 2. The van der Waals surface area contributed by atoms with Crippen molar-refractivity contribution in [2.45, 2.75) is 44.4 Å². The maximum Gasteiger partial charge on any atom is 0.0460 e. The van der Waals surface area contributed by atoms with Crippen LogP contribution in [-0.4, -0.2) is 11.8 Å². The van der Waals surface area contributed by atoms with Crippen LogP contribution in [0.3, 0.4) is 0 Å². The van der Waals surface area contributed by atoms with E-state index in [1.165, 1.54) is 24.8 Å². The molecule has 0 amide bonds. The molecule has 2 atom stereocenters. The highest BCUT2D eigenvalue weighted by molar-refractivity contribution is 7.99. The minimum atomic E-state index is 0.126. The van der Waals surface area contributed by atoms with Crippen LogP contribution in [0.2, 0.25) is 5.02 Å².